The van der Waals surface area contributed by atoms with Crippen LogP contribution in [0.1, 0.15) is 28.9 Å². The quantitative estimate of drug-likeness (QED) is 0.851. The highest BCUT2D eigenvalue weighted by Crippen LogP contribution is 2.37. The summed E-state index contributed by atoms with van der Waals surface area (Å²) in [7, 11) is 0. The maximum Gasteiger partial charge on any atom is 0.255 e. The van der Waals surface area contributed by atoms with Crippen LogP contribution in [0.5, 0.6) is 0 Å². The second-order valence-electron chi connectivity index (χ2n) is 5.51. The van der Waals surface area contributed by atoms with Gasteiger partial charge >= 0.3 is 0 Å². The maximum absolute atomic E-state index is 12.5. The van der Waals surface area contributed by atoms with Crippen molar-refractivity contribution in [3.8, 4) is 0 Å². The van der Waals surface area contributed by atoms with Crippen molar-refractivity contribution in [1.29, 1.82) is 0 Å². The molecule has 1 aromatic heterocycles. The molecule has 1 saturated carbocycles. The molecule has 1 aromatic rings. The summed E-state index contributed by atoms with van der Waals surface area (Å²) in [6.07, 6.45) is 4.01. The molecule has 1 aliphatic heterocycles. The Kier molecular flexibility index (Phi) is 4.11. The summed E-state index contributed by atoms with van der Waals surface area (Å²) < 4.78 is 0. The van der Waals surface area contributed by atoms with Gasteiger partial charge in [-0.25, -0.2) is 0 Å². The number of fused-ring (bicyclic) bond motifs is 1. The number of pyridine rings is 1. The summed E-state index contributed by atoms with van der Waals surface area (Å²) in [6, 6.07) is 3.96. The molecule has 19 heavy (non-hydrogen) atoms. The average Bonchev–Trinajstić information content (AvgIpc) is 2.92. The van der Waals surface area contributed by atoms with Gasteiger partial charge in [0.15, 0.2) is 0 Å². The van der Waals surface area contributed by atoms with E-state index in [1.165, 1.54) is 6.42 Å². The van der Waals surface area contributed by atoms with Crippen molar-refractivity contribution in [1.82, 2.24) is 9.88 Å². The zero-order valence-corrected chi connectivity index (χ0v) is 11.9. The highest BCUT2D eigenvalue weighted by molar-refractivity contribution is 5.95. The van der Waals surface area contributed by atoms with E-state index in [1.807, 2.05) is 24.0 Å². The topological polar surface area (TPSA) is 59.2 Å². The van der Waals surface area contributed by atoms with Crippen LogP contribution in [0.4, 0.5) is 0 Å². The Morgan fingerprint density at radius 1 is 1.42 bits per heavy atom. The van der Waals surface area contributed by atoms with Crippen molar-refractivity contribution in [2.45, 2.75) is 25.8 Å². The van der Waals surface area contributed by atoms with E-state index in [4.69, 9.17) is 5.73 Å². The lowest BCUT2D eigenvalue weighted by Crippen LogP contribution is -2.33. The van der Waals surface area contributed by atoms with Gasteiger partial charge in [0.1, 0.15) is 0 Å². The Balaban J connectivity index is 0.00000133. The van der Waals surface area contributed by atoms with Gasteiger partial charge < -0.3 is 10.6 Å². The van der Waals surface area contributed by atoms with E-state index in [1.54, 1.807) is 6.20 Å². The third-order valence-corrected chi connectivity index (χ3v) is 4.44. The van der Waals surface area contributed by atoms with Crippen LogP contribution in [0.25, 0.3) is 0 Å². The Hall–Kier alpha value is -1.13. The van der Waals surface area contributed by atoms with E-state index in [2.05, 4.69) is 4.98 Å². The Bertz CT molecular complexity index is 480. The minimum absolute atomic E-state index is 0. The number of nitrogens with two attached hydrogens (primary N) is 1. The molecule has 5 heteroatoms. The molecule has 1 amide bonds. The summed E-state index contributed by atoms with van der Waals surface area (Å²) in [5.41, 5.74) is 7.64. The number of carbonyl (C=O) groups is 1. The van der Waals surface area contributed by atoms with E-state index in [9.17, 15) is 4.79 Å². The first-order valence-corrected chi connectivity index (χ1v) is 6.63. The van der Waals surface area contributed by atoms with E-state index in [0.29, 0.717) is 11.8 Å². The van der Waals surface area contributed by atoms with Gasteiger partial charge in [-0.05, 0) is 43.7 Å². The van der Waals surface area contributed by atoms with Gasteiger partial charge in [-0.15, -0.1) is 12.4 Å². The molecule has 4 nitrogen and oxygen atoms in total. The molecular formula is C14H20ClN3O. The van der Waals surface area contributed by atoms with Gasteiger partial charge in [-0.2, -0.15) is 0 Å². The summed E-state index contributed by atoms with van der Waals surface area (Å²) in [4.78, 5) is 18.6. The number of hydrogen-bond donors (Lipinski definition) is 1. The van der Waals surface area contributed by atoms with Crippen LogP contribution in [0.3, 0.4) is 0 Å². The number of amides is 1. The van der Waals surface area contributed by atoms with Gasteiger partial charge in [0.25, 0.3) is 5.91 Å². The normalized spacial score (nSPS) is 28.9. The van der Waals surface area contributed by atoms with Gasteiger partial charge in [0.05, 0.1) is 5.56 Å². The molecule has 3 atom stereocenters. The number of nitrogens with zero attached hydrogens (tertiary/aromatic N) is 2. The van der Waals surface area contributed by atoms with E-state index in [-0.39, 0.29) is 24.4 Å². The third kappa shape index (κ3) is 2.47. The summed E-state index contributed by atoms with van der Waals surface area (Å²) in [5.74, 6) is 1.23. The fraction of sp³-hybridized carbons (Fsp3) is 0.571. The fourth-order valence-electron chi connectivity index (χ4n) is 3.35. The SMILES string of the molecule is Cc1ncccc1C(=O)N1CC2CCC(N)C2C1.Cl. The van der Waals surface area contributed by atoms with Crippen LogP contribution < -0.4 is 5.73 Å². The van der Waals surface area contributed by atoms with E-state index in [0.717, 1.165) is 30.8 Å². The van der Waals surface area contributed by atoms with E-state index < -0.39 is 0 Å². The van der Waals surface area contributed by atoms with Crippen molar-refractivity contribution >= 4 is 18.3 Å². The molecular weight excluding hydrogens is 262 g/mol. The number of aromatic nitrogens is 1. The molecule has 3 unspecified atom stereocenters. The maximum atomic E-state index is 12.5. The predicted octanol–water partition coefficient (Wildman–Crippen LogP) is 1.62. The first-order chi connectivity index (χ1) is 8.66. The molecule has 3 rings (SSSR count). The second kappa shape index (κ2) is 5.47. The predicted molar refractivity (Wildman–Crippen MR) is 76.3 cm³/mol. The zero-order chi connectivity index (χ0) is 12.7. The van der Waals surface area contributed by atoms with Gasteiger partial charge in [0.2, 0.25) is 0 Å². The fourth-order valence-corrected chi connectivity index (χ4v) is 3.35. The number of likely N-dealkylation sites (tertiary alicyclic amines) is 1. The molecule has 104 valence electrons. The van der Waals surface area contributed by atoms with Crippen molar-refractivity contribution in [3.05, 3.63) is 29.6 Å². The number of rotatable bonds is 1. The average molecular weight is 282 g/mol. The third-order valence-electron chi connectivity index (χ3n) is 4.44. The second-order valence-corrected chi connectivity index (χ2v) is 5.51. The molecule has 2 N–H and O–H groups in total. The summed E-state index contributed by atoms with van der Waals surface area (Å²) in [5, 5.41) is 0. The molecule has 1 aliphatic carbocycles. The number of halogens is 1. The highest BCUT2D eigenvalue weighted by Gasteiger charge is 2.42. The monoisotopic (exact) mass is 281 g/mol. The molecule has 0 bridgehead atoms. The molecule has 2 heterocycles. The number of carbonyl (C=O) groups excluding carboxylic acids is 1. The molecule has 0 spiro atoms. The minimum Gasteiger partial charge on any atom is -0.338 e. The van der Waals surface area contributed by atoms with Gasteiger partial charge in [-0.3, -0.25) is 9.78 Å². The standard InChI is InChI=1S/C14H19N3O.ClH/c1-9-11(3-2-6-16-9)14(18)17-7-10-4-5-13(15)12(10)8-17;/h2-3,6,10,12-13H,4-5,7-8,15H2,1H3;1H. The number of hydrogen-bond acceptors (Lipinski definition) is 3. The van der Waals surface area contributed by atoms with E-state index >= 15 is 0 Å². The summed E-state index contributed by atoms with van der Waals surface area (Å²) in [6.45, 7) is 3.57. The lowest BCUT2D eigenvalue weighted by Gasteiger charge is -2.19. The van der Waals surface area contributed by atoms with Crippen LogP contribution in [0.2, 0.25) is 0 Å². The highest BCUT2D eigenvalue weighted by atomic mass is 35.5. The number of aryl methyl sites for hydroxylation is 1. The summed E-state index contributed by atoms with van der Waals surface area (Å²) >= 11 is 0. The first kappa shape index (κ1) is 14.3. The largest absolute Gasteiger partial charge is 0.338 e. The Morgan fingerprint density at radius 2 is 2.21 bits per heavy atom. The van der Waals surface area contributed by atoms with Gasteiger partial charge in [-0.1, -0.05) is 0 Å². The molecule has 2 aliphatic rings. The van der Waals surface area contributed by atoms with Crippen LogP contribution >= 0.6 is 12.4 Å². The van der Waals surface area contributed by atoms with Crippen LogP contribution in [0, 0.1) is 18.8 Å². The Morgan fingerprint density at radius 3 is 2.89 bits per heavy atom. The Labute approximate surface area is 119 Å². The zero-order valence-electron chi connectivity index (χ0n) is 11.1. The molecule has 1 saturated heterocycles. The minimum atomic E-state index is 0. The van der Waals surface area contributed by atoms with Gasteiger partial charge in [0, 0.05) is 31.0 Å². The van der Waals surface area contributed by atoms with Crippen molar-refractivity contribution in [3.63, 3.8) is 0 Å². The molecule has 0 aromatic carbocycles. The van der Waals surface area contributed by atoms with Crippen LogP contribution in [-0.2, 0) is 0 Å². The van der Waals surface area contributed by atoms with Crippen molar-refractivity contribution < 1.29 is 4.79 Å². The van der Waals surface area contributed by atoms with Crippen molar-refractivity contribution in [2.24, 2.45) is 17.6 Å². The van der Waals surface area contributed by atoms with Crippen LogP contribution in [-0.4, -0.2) is 34.9 Å². The molecule has 0 radical (unpaired) electrons. The van der Waals surface area contributed by atoms with Crippen molar-refractivity contribution in [2.75, 3.05) is 13.1 Å². The lowest BCUT2D eigenvalue weighted by molar-refractivity contribution is 0.0778. The first-order valence-electron chi connectivity index (χ1n) is 6.63. The molecule has 2 fully saturated rings. The van der Waals surface area contributed by atoms with Crippen LogP contribution in [0.15, 0.2) is 18.3 Å². The smallest absolute Gasteiger partial charge is 0.255 e. The lowest BCUT2D eigenvalue weighted by atomic mass is 9.98.